The predicted molar refractivity (Wildman–Crippen MR) is 93.6 cm³/mol. The van der Waals surface area contributed by atoms with Crippen molar-refractivity contribution in [2.45, 2.75) is 32.4 Å². The molecule has 22 heavy (non-hydrogen) atoms. The van der Waals surface area contributed by atoms with E-state index < -0.39 is 0 Å². The Labute approximate surface area is 137 Å². The Balaban J connectivity index is 1.81. The highest BCUT2D eigenvalue weighted by Crippen LogP contribution is 2.15. The maximum Gasteiger partial charge on any atom is 0.191 e. The fraction of sp³-hybridized carbons (Fsp3) is 0.688. The highest BCUT2D eigenvalue weighted by Gasteiger charge is 2.23. The number of aliphatic imine (C=N–C) groups is 1. The normalized spacial score (nSPS) is 19.5. The van der Waals surface area contributed by atoms with E-state index in [-0.39, 0.29) is 0 Å². The number of ether oxygens (including phenoxy) is 1. The average Bonchev–Trinajstić information content (AvgIpc) is 3.19. The zero-order valence-corrected chi connectivity index (χ0v) is 14.5. The number of rotatable bonds is 8. The first-order valence-electron chi connectivity index (χ1n) is 8.09. The molecule has 5 nitrogen and oxygen atoms in total. The van der Waals surface area contributed by atoms with Crippen molar-refractivity contribution in [2.24, 2.45) is 4.99 Å². The summed E-state index contributed by atoms with van der Waals surface area (Å²) in [6.07, 6.45) is 2.53. The Morgan fingerprint density at radius 1 is 1.50 bits per heavy atom. The number of hydrogen-bond donors (Lipinski definition) is 2. The lowest BCUT2D eigenvalue weighted by molar-refractivity contribution is 0.141. The molecule has 0 aliphatic carbocycles. The van der Waals surface area contributed by atoms with E-state index in [2.05, 4.69) is 44.3 Å². The molecule has 0 aromatic carbocycles. The summed E-state index contributed by atoms with van der Waals surface area (Å²) in [5, 5.41) is 11.1. The molecule has 1 aromatic rings. The Morgan fingerprint density at radius 2 is 2.41 bits per heavy atom. The van der Waals surface area contributed by atoms with E-state index in [4.69, 9.17) is 4.74 Å². The van der Waals surface area contributed by atoms with Crippen LogP contribution in [0.2, 0.25) is 0 Å². The smallest absolute Gasteiger partial charge is 0.191 e. The molecule has 1 atom stereocenters. The first-order chi connectivity index (χ1) is 10.8. The molecular formula is C16H28N4OS. The van der Waals surface area contributed by atoms with Gasteiger partial charge in [0.25, 0.3) is 0 Å². The highest BCUT2D eigenvalue weighted by molar-refractivity contribution is 7.07. The van der Waals surface area contributed by atoms with Gasteiger partial charge in [0.15, 0.2) is 5.96 Å². The molecule has 6 heteroatoms. The van der Waals surface area contributed by atoms with Crippen molar-refractivity contribution in [3.05, 3.63) is 22.4 Å². The van der Waals surface area contributed by atoms with Crippen molar-refractivity contribution in [2.75, 3.05) is 39.9 Å². The van der Waals surface area contributed by atoms with E-state index in [0.29, 0.717) is 6.04 Å². The molecule has 1 fully saturated rings. The number of methoxy groups -OCH3 is 1. The summed E-state index contributed by atoms with van der Waals surface area (Å²) in [7, 11) is 1.77. The third-order valence-electron chi connectivity index (χ3n) is 3.93. The highest BCUT2D eigenvalue weighted by atomic mass is 32.1. The molecule has 2 N–H and O–H groups in total. The molecule has 0 saturated carbocycles. The summed E-state index contributed by atoms with van der Waals surface area (Å²) in [5.74, 6) is 0.910. The van der Waals surface area contributed by atoms with Gasteiger partial charge in [0, 0.05) is 32.8 Å². The van der Waals surface area contributed by atoms with Gasteiger partial charge in [-0.15, -0.1) is 0 Å². The second kappa shape index (κ2) is 9.82. The molecule has 1 aliphatic rings. The average molecular weight is 324 g/mol. The van der Waals surface area contributed by atoms with Gasteiger partial charge in [-0.1, -0.05) is 0 Å². The molecule has 0 radical (unpaired) electrons. The summed E-state index contributed by atoms with van der Waals surface area (Å²) in [5.41, 5.74) is 1.27. The molecule has 0 spiro atoms. The molecule has 1 aromatic heterocycles. The zero-order valence-electron chi connectivity index (χ0n) is 13.7. The summed E-state index contributed by atoms with van der Waals surface area (Å²) in [4.78, 5) is 7.17. The summed E-state index contributed by atoms with van der Waals surface area (Å²) >= 11 is 1.72. The fourth-order valence-electron chi connectivity index (χ4n) is 2.74. The van der Waals surface area contributed by atoms with Crippen LogP contribution in [0, 0.1) is 0 Å². The van der Waals surface area contributed by atoms with Crippen molar-refractivity contribution in [1.29, 1.82) is 0 Å². The Bertz CT molecular complexity index is 435. The van der Waals surface area contributed by atoms with Crippen molar-refractivity contribution in [1.82, 2.24) is 15.5 Å². The van der Waals surface area contributed by atoms with Crippen molar-refractivity contribution in [3.8, 4) is 0 Å². The SMILES string of the molecule is CCNC(=NCc1ccsc1)NCC1CCCN1CCOC. The second-order valence-electron chi connectivity index (χ2n) is 5.53. The standard InChI is InChI=1S/C16H28N4OS/c1-3-17-16(18-11-14-6-10-22-13-14)19-12-15-5-4-7-20(15)8-9-21-2/h6,10,13,15H,3-5,7-9,11-12H2,1-2H3,(H2,17,18,19). The Morgan fingerprint density at radius 3 is 3.14 bits per heavy atom. The van der Waals surface area contributed by atoms with Crippen LogP contribution >= 0.6 is 11.3 Å². The van der Waals surface area contributed by atoms with Crippen LogP contribution < -0.4 is 10.6 Å². The van der Waals surface area contributed by atoms with E-state index in [1.807, 2.05) is 0 Å². The molecule has 2 rings (SSSR count). The predicted octanol–water partition coefficient (Wildman–Crippen LogP) is 1.91. The Hall–Kier alpha value is -1.11. The number of nitrogens with one attached hydrogen (secondary N) is 2. The van der Waals surface area contributed by atoms with Gasteiger partial charge in [-0.05, 0) is 48.7 Å². The number of likely N-dealkylation sites (tertiary alicyclic amines) is 1. The molecule has 1 aliphatic heterocycles. The van der Waals surface area contributed by atoms with Crippen molar-refractivity contribution >= 4 is 17.3 Å². The van der Waals surface area contributed by atoms with E-state index in [1.54, 1.807) is 18.4 Å². The van der Waals surface area contributed by atoms with Crippen LogP contribution in [0.25, 0.3) is 0 Å². The van der Waals surface area contributed by atoms with Crippen LogP contribution in [0.15, 0.2) is 21.8 Å². The monoisotopic (exact) mass is 324 g/mol. The lowest BCUT2D eigenvalue weighted by Crippen LogP contribution is -2.45. The molecule has 0 bridgehead atoms. The van der Waals surface area contributed by atoms with Crippen LogP contribution in [0.1, 0.15) is 25.3 Å². The summed E-state index contributed by atoms with van der Waals surface area (Å²) in [6.45, 7) is 7.67. The van der Waals surface area contributed by atoms with Crippen LogP contribution in [-0.2, 0) is 11.3 Å². The third kappa shape index (κ3) is 5.59. The third-order valence-corrected chi connectivity index (χ3v) is 4.66. The van der Waals surface area contributed by atoms with E-state index >= 15 is 0 Å². The molecular weight excluding hydrogens is 296 g/mol. The molecule has 1 saturated heterocycles. The van der Waals surface area contributed by atoms with E-state index in [1.165, 1.54) is 24.9 Å². The van der Waals surface area contributed by atoms with Crippen LogP contribution in [0.5, 0.6) is 0 Å². The van der Waals surface area contributed by atoms with Gasteiger partial charge in [0.05, 0.1) is 13.2 Å². The first kappa shape index (κ1) is 17.2. The van der Waals surface area contributed by atoms with Crippen LogP contribution in [0.4, 0.5) is 0 Å². The summed E-state index contributed by atoms with van der Waals surface area (Å²) in [6, 6.07) is 2.71. The van der Waals surface area contributed by atoms with Gasteiger partial charge >= 0.3 is 0 Å². The van der Waals surface area contributed by atoms with Crippen molar-refractivity contribution < 1.29 is 4.74 Å². The van der Waals surface area contributed by atoms with Gasteiger partial charge in [-0.3, -0.25) is 4.90 Å². The van der Waals surface area contributed by atoms with Gasteiger partial charge in [0.1, 0.15) is 0 Å². The fourth-order valence-corrected chi connectivity index (χ4v) is 3.40. The quantitative estimate of drug-likeness (QED) is 0.566. The molecule has 1 unspecified atom stereocenters. The second-order valence-corrected chi connectivity index (χ2v) is 6.31. The minimum absolute atomic E-state index is 0.583. The minimum atomic E-state index is 0.583. The lowest BCUT2D eigenvalue weighted by Gasteiger charge is -2.25. The van der Waals surface area contributed by atoms with Gasteiger partial charge in [-0.25, -0.2) is 4.99 Å². The van der Waals surface area contributed by atoms with Gasteiger partial charge < -0.3 is 15.4 Å². The minimum Gasteiger partial charge on any atom is -0.383 e. The largest absolute Gasteiger partial charge is 0.383 e. The molecule has 0 amide bonds. The first-order valence-corrected chi connectivity index (χ1v) is 9.04. The molecule has 2 heterocycles. The number of guanidine groups is 1. The van der Waals surface area contributed by atoms with Crippen molar-refractivity contribution in [3.63, 3.8) is 0 Å². The zero-order chi connectivity index (χ0) is 15.6. The maximum absolute atomic E-state index is 5.20. The number of nitrogens with zero attached hydrogens (tertiary/aromatic N) is 2. The lowest BCUT2D eigenvalue weighted by atomic mass is 10.2. The topological polar surface area (TPSA) is 48.9 Å². The number of hydrogen-bond acceptors (Lipinski definition) is 4. The van der Waals surface area contributed by atoms with Crippen LogP contribution in [0.3, 0.4) is 0 Å². The maximum atomic E-state index is 5.20. The Kier molecular flexibility index (Phi) is 7.70. The van der Waals surface area contributed by atoms with E-state index in [0.717, 1.165) is 38.7 Å². The van der Waals surface area contributed by atoms with Gasteiger partial charge in [0.2, 0.25) is 0 Å². The van der Waals surface area contributed by atoms with E-state index in [9.17, 15) is 0 Å². The molecule has 124 valence electrons. The summed E-state index contributed by atoms with van der Waals surface area (Å²) < 4.78 is 5.20. The van der Waals surface area contributed by atoms with Crippen LogP contribution in [-0.4, -0.2) is 56.8 Å². The number of thiophene rings is 1. The van der Waals surface area contributed by atoms with Gasteiger partial charge in [-0.2, -0.15) is 11.3 Å².